The standard InChI is InChI=1S/C19H24N6O6/c1-30-11-6-9(2-3-10(11)27)4-5-21-19-23-16(20)13-17(24-19)25(8-22-13)18-15(29)14(28)12(7-26)31-18/h2-3,6,8,12,14-15,18,26-29H,4-5,7H2,1H3,(H3,20,21,23,24)/t12-,14-,15-,18-/m1/s1. The highest BCUT2D eigenvalue weighted by Gasteiger charge is 2.44. The van der Waals surface area contributed by atoms with Crippen molar-refractivity contribution in [2.45, 2.75) is 31.0 Å². The number of anilines is 2. The number of hydrogen-bond donors (Lipinski definition) is 6. The van der Waals surface area contributed by atoms with Gasteiger partial charge < -0.3 is 41.0 Å². The summed E-state index contributed by atoms with van der Waals surface area (Å²) in [6.45, 7) is 0.0359. The maximum Gasteiger partial charge on any atom is 0.226 e. The van der Waals surface area contributed by atoms with Gasteiger partial charge in [-0.2, -0.15) is 9.97 Å². The molecule has 166 valence electrons. The Morgan fingerprint density at radius 2 is 2.06 bits per heavy atom. The van der Waals surface area contributed by atoms with Crippen LogP contribution in [0, 0.1) is 0 Å². The zero-order valence-electron chi connectivity index (χ0n) is 16.7. The number of aromatic nitrogens is 4. The number of phenolic OH excluding ortho intramolecular Hbond substituents is 1. The molecule has 4 atom stereocenters. The molecule has 0 spiro atoms. The number of aliphatic hydroxyl groups is 3. The Balaban J connectivity index is 1.53. The van der Waals surface area contributed by atoms with E-state index in [2.05, 4.69) is 20.3 Å². The Labute approximate surface area is 176 Å². The van der Waals surface area contributed by atoms with Crippen molar-refractivity contribution in [2.75, 3.05) is 31.3 Å². The Hall–Kier alpha value is -3.19. The fraction of sp³-hybridized carbons (Fsp3) is 0.421. The Morgan fingerprint density at radius 1 is 1.26 bits per heavy atom. The van der Waals surface area contributed by atoms with E-state index < -0.39 is 31.1 Å². The minimum atomic E-state index is -1.27. The van der Waals surface area contributed by atoms with E-state index in [0.29, 0.717) is 29.9 Å². The molecule has 0 amide bonds. The average Bonchev–Trinajstić information content (AvgIpc) is 3.30. The third-order valence-electron chi connectivity index (χ3n) is 5.18. The Bertz CT molecular complexity index is 1080. The van der Waals surface area contributed by atoms with Gasteiger partial charge >= 0.3 is 0 Å². The molecule has 0 unspecified atom stereocenters. The third kappa shape index (κ3) is 3.93. The van der Waals surface area contributed by atoms with Gasteiger partial charge in [0.15, 0.2) is 29.2 Å². The molecule has 12 nitrogen and oxygen atoms in total. The highest BCUT2D eigenvalue weighted by atomic mass is 16.6. The number of imidazole rings is 1. The van der Waals surface area contributed by atoms with Gasteiger partial charge in [-0.25, -0.2) is 4.98 Å². The van der Waals surface area contributed by atoms with Gasteiger partial charge in [-0.1, -0.05) is 6.07 Å². The topological polar surface area (TPSA) is 181 Å². The second-order valence-electron chi connectivity index (χ2n) is 7.17. The SMILES string of the molecule is COc1cc(CCNc2nc(N)c3ncn([C@@H]4O[C@H](CO)[C@@H](O)[C@H]4O)c3n2)ccc1O. The molecule has 4 rings (SSSR count). The molecule has 31 heavy (non-hydrogen) atoms. The molecule has 1 aromatic carbocycles. The fourth-order valence-corrected chi connectivity index (χ4v) is 3.51. The van der Waals surface area contributed by atoms with E-state index in [-0.39, 0.29) is 17.5 Å². The number of nitrogens with zero attached hydrogens (tertiary/aromatic N) is 4. The number of ether oxygens (including phenoxy) is 2. The first kappa shape index (κ1) is 21.1. The predicted octanol–water partition coefficient (Wildman–Crippen LogP) is -0.611. The van der Waals surface area contributed by atoms with Crippen LogP contribution < -0.4 is 15.8 Å². The molecule has 2 aromatic heterocycles. The van der Waals surface area contributed by atoms with Crippen molar-refractivity contribution in [3.63, 3.8) is 0 Å². The van der Waals surface area contributed by atoms with E-state index >= 15 is 0 Å². The highest BCUT2D eigenvalue weighted by Crippen LogP contribution is 2.32. The summed E-state index contributed by atoms with van der Waals surface area (Å²) in [5, 5.41) is 42.4. The summed E-state index contributed by atoms with van der Waals surface area (Å²) in [5.41, 5.74) is 7.60. The van der Waals surface area contributed by atoms with Crippen molar-refractivity contribution in [2.24, 2.45) is 0 Å². The molecule has 7 N–H and O–H groups in total. The summed E-state index contributed by atoms with van der Waals surface area (Å²) in [6, 6.07) is 5.09. The van der Waals surface area contributed by atoms with E-state index in [1.807, 2.05) is 0 Å². The molecule has 1 aliphatic rings. The van der Waals surface area contributed by atoms with E-state index in [4.69, 9.17) is 15.2 Å². The van der Waals surface area contributed by atoms with Crippen LogP contribution in [0.15, 0.2) is 24.5 Å². The molecule has 1 aliphatic heterocycles. The predicted molar refractivity (Wildman–Crippen MR) is 110 cm³/mol. The van der Waals surface area contributed by atoms with Gasteiger partial charge in [0.1, 0.15) is 23.8 Å². The maximum atomic E-state index is 10.3. The summed E-state index contributed by atoms with van der Waals surface area (Å²) < 4.78 is 12.1. The molecule has 12 heteroatoms. The van der Waals surface area contributed by atoms with Gasteiger partial charge in [0.25, 0.3) is 0 Å². The Kier molecular flexibility index (Phi) is 5.78. The summed E-state index contributed by atoms with van der Waals surface area (Å²) in [5.74, 6) is 0.856. The number of phenols is 1. The van der Waals surface area contributed by atoms with E-state index in [9.17, 15) is 20.4 Å². The minimum Gasteiger partial charge on any atom is -0.504 e. The second kappa shape index (κ2) is 8.51. The van der Waals surface area contributed by atoms with Crippen LogP contribution in [-0.2, 0) is 11.2 Å². The zero-order chi connectivity index (χ0) is 22.1. The number of rotatable bonds is 7. The first-order chi connectivity index (χ1) is 14.9. The number of aliphatic hydroxyl groups excluding tert-OH is 3. The molecular weight excluding hydrogens is 408 g/mol. The van der Waals surface area contributed by atoms with Crippen LogP contribution in [-0.4, -0.2) is 78.5 Å². The molecule has 0 radical (unpaired) electrons. The van der Waals surface area contributed by atoms with Crippen molar-refractivity contribution >= 4 is 22.9 Å². The van der Waals surface area contributed by atoms with Crippen LogP contribution in [0.4, 0.5) is 11.8 Å². The van der Waals surface area contributed by atoms with Gasteiger partial charge in [-0.3, -0.25) is 4.57 Å². The van der Waals surface area contributed by atoms with Crippen LogP contribution in [0.25, 0.3) is 11.2 Å². The van der Waals surface area contributed by atoms with Crippen molar-refractivity contribution in [1.29, 1.82) is 0 Å². The lowest BCUT2D eigenvalue weighted by Gasteiger charge is -2.17. The lowest BCUT2D eigenvalue weighted by atomic mass is 10.1. The van der Waals surface area contributed by atoms with Crippen molar-refractivity contribution in [1.82, 2.24) is 19.5 Å². The summed E-state index contributed by atoms with van der Waals surface area (Å²) in [4.78, 5) is 12.8. The van der Waals surface area contributed by atoms with E-state index in [1.165, 1.54) is 18.0 Å². The van der Waals surface area contributed by atoms with Gasteiger partial charge in [0, 0.05) is 6.54 Å². The zero-order valence-corrected chi connectivity index (χ0v) is 16.7. The summed E-state index contributed by atoms with van der Waals surface area (Å²) in [7, 11) is 1.48. The number of fused-ring (bicyclic) bond motifs is 1. The lowest BCUT2D eigenvalue weighted by Crippen LogP contribution is -2.33. The second-order valence-corrected chi connectivity index (χ2v) is 7.17. The first-order valence-electron chi connectivity index (χ1n) is 9.65. The van der Waals surface area contributed by atoms with Crippen LogP contribution >= 0.6 is 0 Å². The first-order valence-corrected chi connectivity index (χ1v) is 9.65. The number of nitrogens with two attached hydrogens (primary N) is 1. The molecule has 0 saturated carbocycles. The number of hydrogen-bond acceptors (Lipinski definition) is 11. The molecule has 1 saturated heterocycles. The number of aromatic hydroxyl groups is 1. The normalized spacial score (nSPS) is 23.4. The van der Waals surface area contributed by atoms with Gasteiger partial charge in [-0.15, -0.1) is 0 Å². The molecule has 0 bridgehead atoms. The van der Waals surface area contributed by atoms with E-state index in [1.54, 1.807) is 18.2 Å². The fourth-order valence-electron chi connectivity index (χ4n) is 3.51. The average molecular weight is 432 g/mol. The molecule has 3 heterocycles. The smallest absolute Gasteiger partial charge is 0.226 e. The van der Waals surface area contributed by atoms with Crippen molar-refractivity contribution in [3.05, 3.63) is 30.1 Å². The van der Waals surface area contributed by atoms with Crippen LogP contribution in [0.5, 0.6) is 11.5 Å². The van der Waals surface area contributed by atoms with Gasteiger partial charge in [0.2, 0.25) is 5.95 Å². The van der Waals surface area contributed by atoms with Crippen molar-refractivity contribution < 1.29 is 29.9 Å². The summed E-state index contributed by atoms with van der Waals surface area (Å²) in [6.07, 6.45) is -2.42. The highest BCUT2D eigenvalue weighted by molar-refractivity contribution is 5.83. The monoisotopic (exact) mass is 432 g/mol. The van der Waals surface area contributed by atoms with Gasteiger partial charge in [0.05, 0.1) is 20.0 Å². The number of nitrogen functional groups attached to an aromatic ring is 1. The number of nitrogens with one attached hydrogen (secondary N) is 1. The molecular formula is C19H24N6O6. The Morgan fingerprint density at radius 3 is 2.77 bits per heavy atom. The molecule has 1 fully saturated rings. The lowest BCUT2D eigenvalue weighted by molar-refractivity contribution is -0.0511. The van der Waals surface area contributed by atoms with Crippen molar-refractivity contribution in [3.8, 4) is 11.5 Å². The quantitative estimate of drug-likeness (QED) is 0.280. The molecule has 0 aliphatic carbocycles. The third-order valence-corrected chi connectivity index (χ3v) is 5.18. The molecule has 3 aromatic rings. The minimum absolute atomic E-state index is 0.0684. The van der Waals surface area contributed by atoms with Crippen LogP contribution in [0.3, 0.4) is 0 Å². The van der Waals surface area contributed by atoms with Crippen LogP contribution in [0.1, 0.15) is 11.8 Å². The van der Waals surface area contributed by atoms with Gasteiger partial charge in [-0.05, 0) is 24.1 Å². The summed E-state index contributed by atoms with van der Waals surface area (Å²) >= 11 is 0. The van der Waals surface area contributed by atoms with Crippen LogP contribution in [0.2, 0.25) is 0 Å². The number of methoxy groups -OCH3 is 1. The maximum absolute atomic E-state index is 10.3. The largest absolute Gasteiger partial charge is 0.504 e. The van der Waals surface area contributed by atoms with E-state index in [0.717, 1.165) is 5.56 Å². The number of benzene rings is 1.